The smallest absolute Gasteiger partial charge is 0.253 e. The van der Waals surface area contributed by atoms with Crippen LogP contribution in [0.4, 0.5) is 5.95 Å². The predicted octanol–water partition coefficient (Wildman–Crippen LogP) is 3.79. The molecule has 1 aromatic carbocycles. The van der Waals surface area contributed by atoms with E-state index < -0.39 is 0 Å². The van der Waals surface area contributed by atoms with E-state index in [2.05, 4.69) is 36.2 Å². The van der Waals surface area contributed by atoms with Gasteiger partial charge in [0.15, 0.2) is 0 Å². The van der Waals surface area contributed by atoms with Gasteiger partial charge in [0.2, 0.25) is 11.8 Å². The fraction of sp³-hybridized carbons (Fsp3) is 0.176. The standard InChI is InChI=1S/C17H13BrClN5O2/c1-8(22-17-21-7-10(6-20)16(24-17)26-2)11-3-9-4-13(19)12(18)5-14(9)23-15(11)25/h3-5,7-8H,1-2H3,(H,23,25)(H,21,22,24)/t8-/m0/s1. The molecule has 0 radical (unpaired) electrons. The van der Waals surface area contributed by atoms with Crippen molar-refractivity contribution in [3.8, 4) is 11.9 Å². The van der Waals surface area contributed by atoms with E-state index >= 15 is 0 Å². The number of hydrogen-bond donors (Lipinski definition) is 2. The van der Waals surface area contributed by atoms with E-state index in [1.807, 2.05) is 13.0 Å². The largest absolute Gasteiger partial charge is 0.480 e. The van der Waals surface area contributed by atoms with Crippen molar-refractivity contribution < 1.29 is 4.74 Å². The van der Waals surface area contributed by atoms with Crippen molar-refractivity contribution in [2.24, 2.45) is 0 Å². The highest BCUT2D eigenvalue weighted by atomic mass is 79.9. The van der Waals surface area contributed by atoms with E-state index in [9.17, 15) is 4.79 Å². The molecule has 0 saturated heterocycles. The first kappa shape index (κ1) is 18.2. The summed E-state index contributed by atoms with van der Waals surface area (Å²) in [5.41, 5.74) is 1.18. The van der Waals surface area contributed by atoms with Crippen LogP contribution in [0, 0.1) is 11.3 Å². The molecule has 0 fully saturated rings. The van der Waals surface area contributed by atoms with Gasteiger partial charge in [-0.2, -0.15) is 10.2 Å². The topological polar surface area (TPSA) is 104 Å². The zero-order chi connectivity index (χ0) is 18.8. The van der Waals surface area contributed by atoms with Crippen molar-refractivity contribution in [1.29, 1.82) is 5.26 Å². The van der Waals surface area contributed by atoms with E-state index in [-0.39, 0.29) is 29.0 Å². The summed E-state index contributed by atoms with van der Waals surface area (Å²) >= 11 is 9.48. The van der Waals surface area contributed by atoms with Crippen LogP contribution in [0.15, 0.2) is 33.7 Å². The van der Waals surface area contributed by atoms with Crippen LogP contribution in [0.3, 0.4) is 0 Å². The molecule has 2 aromatic heterocycles. The van der Waals surface area contributed by atoms with Gasteiger partial charge in [-0.05, 0) is 41.1 Å². The fourth-order valence-electron chi connectivity index (χ4n) is 2.48. The summed E-state index contributed by atoms with van der Waals surface area (Å²) in [6.07, 6.45) is 1.36. The molecule has 0 aliphatic carbocycles. The zero-order valence-electron chi connectivity index (χ0n) is 13.8. The maximum absolute atomic E-state index is 12.4. The molecule has 0 aliphatic heterocycles. The Morgan fingerprint density at radius 3 is 2.88 bits per heavy atom. The number of nitriles is 1. The predicted molar refractivity (Wildman–Crippen MR) is 103 cm³/mol. The number of fused-ring (bicyclic) bond motifs is 1. The van der Waals surface area contributed by atoms with Crippen molar-refractivity contribution in [2.75, 3.05) is 12.4 Å². The molecule has 9 heteroatoms. The summed E-state index contributed by atoms with van der Waals surface area (Å²) in [5, 5.41) is 13.4. The molecule has 132 valence electrons. The Balaban J connectivity index is 1.96. The Hall–Kier alpha value is -2.63. The van der Waals surface area contributed by atoms with Crippen LogP contribution < -0.4 is 15.6 Å². The summed E-state index contributed by atoms with van der Waals surface area (Å²) in [4.78, 5) is 23.5. The number of rotatable bonds is 4. The van der Waals surface area contributed by atoms with Crippen LogP contribution in [-0.2, 0) is 0 Å². The summed E-state index contributed by atoms with van der Waals surface area (Å²) in [7, 11) is 1.42. The van der Waals surface area contributed by atoms with E-state index in [0.29, 0.717) is 20.6 Å². The third-order valence-corrected chi connectivity index (χ3v) is 4.99. The van der Waals surface area contributed by atoms with E-state index in [1.54, 1.807) is 18.2 Å². The number of pyridine rings is 1. The number of aromatic nitrogens is 3. The average molecular weight is 435 g/mol. The highest BCUT2D eigenvalue weighted by Gasteiger charge is 2.15. The molecule has 1 atom stereocenters. The molecule has 0 amide bonds. The SMILES string of the molecule is COc1nc(N[C@@H](C)c2cc3cc(Cl)c(Br)cc3[nH]c2=O)ncc1C#N. The molecule has 26 heavy (non-hydrogen) atoms. The molecule has 7 nitrogen and oxygen atoms in total. The second-order valence-electron chi connectivity index (χ2n) is 5.50. The van der Waals surface area contributed by atoms with Crippen molar-refractivity contribution in [1.82, 2.24) is 15.0 Å². The molecule has 0 bridgehead atoms. The quantitative estimate of drug-likeness (QED) is 0.647. The second kappa shape index (κ2) is 7.32. The molecule has 0 spiro atoms. The van der Waals surface area contributed by atoms with Crippen LogP contribution in [0.2, 0.25) is 5.02 Å². The fourth-order valence-corrected chi connectivity index (χ4v) is 2.99. The number of aromatic amines is 1. The van der Waals surface area contributed by atoms with Gasteiger partial charge in [0.1, 0.15) is 11.6 Å². The lowest BCUT2D eigenvalue weighted by Crippen LogP contribution is -2.20. The summed E-state index contributed by atoms with van der Waals surface area (Å²) in [5.74, 6) is 0.419. The minimum absolute atomic E-state index is 0.168. The summed E-state index contributed by atoms with van der Waals surface area (Å²) in [6.45, 7) is 1.81. The molecule has 2 heterocycles. The van der Waals surface area contributed by atoms with Gasteiger partial charge < -0.3 is 15.0 Å². The Labute approximate surface area is 162 Å². The van der Waals surface area contributed by atoms with Crippen LogP contribution in [0.1, 0.15) is 24.1 Å². The normalized spacial score (nSPS) is 11.8. The average Bonchev–Trinajstić information content (AvgIpc) is 2.62. The third kappa shape index (κ3) is 3.49. The third-order valence-electron chi connectivity index (χ3n) is 3.79. The minimum atomic E-state index is -0.386. The van der Waals surface area contributed by atoms with Crippen molar-refractivity contribution in [2.45, 2.75) is 13.0 Å². The van der Waals surface area contributed by atoms with Gasteiger partial charge in [-0.25, -0.2) is 4.98 Å². The number of hydrogen-bond acceptors (Lipinski definition) is 6. The molecule has 3 rings (SSSR count). The van der Waals surface area contributed by atoms with Crippen molar-refractivity contribution >= 4 is 44.4 Å². The van der Waals surface area contributed by atoms with E-state index in [0.717, 1.165) is 5.39 Å². The van der Waals surface area contributed by atoms with E-state index in [4.69, 9.17) is 21.6 Å². The first-order valence-electron chi connectivity index (χ1n) is 7.52. The first-order valence-corrected chi connectivity index (χ1v) is 8.69. The lowest BCUT2D eigenvalue weighted by molar-refractivity contribution is 0.396. The highest BCUT2D eigenvalue weighted by molar-refractivity contribution is 9.10. The first-order chi connectivity index (χ1) is 12.4. The van der Waals surface area contributed by atoms with E-state index in [1.165, 1.54) is 13.3 Å². The molecule has 0 saturated carbocycles. The van der Waals surface area contributed by atoms with Crippen LogP contribution >= 0.6 is 27.5 Å². The Morgan fingerprint density at radius 2 is 2.19 bits per heavy atom. The zero-order valence-corrected chi connectivity index (χ0v) is 16.1. The molecule has 3 aromatic rings. The Kier molecular flexibility index (Phi) is 5.11. The van der Waals surface area contributed by atoms with Gasteiger partial charge in [-0.1, -0.05) is 11.6 Å². The Bertz CT molecular complexity index is 1090. The number of nitrogens with one attached hydrogen (secondary N) is 2. The number of methoxy groups -OCH3 is 1. The van der Waals surface area contributed by atoms with Gasteiger partial charge >= 0.3 is 0 Å². The maximum Gasteiger partial charge on any atom is 0.253 e. The number of anilines is 1. The second-order valence-corrected chi connectivity index (χ2v) is 6.76. The molecule has 0 unspecified atom stereocenters. The van der Waals surface area contributed by atoms with Gasteiger partial charge in [-0.15, -0.1) is 0 Å². The molecular formula is C17H13BrClN5O2. The number of H-pyrrole nitrogens is 1. The van der Waals surface area contributed by atoms with Gasteiger partial charge in [0, 0.05) is 20.9 Å². The maximum atomic E-state index is 12.4. The van der Waals surface area contributed by atoms with Crippen molar-refractivity contribution in [3.63, 3.8) is 0 Å². The monoisotopic (exact) mass is 433 g/mol. The number of nitrogens with zero attached hydrogens (tertiary/aromatic N) is 3. The molecule has 2 N–H and O–H groups in total. The van der Waals surface area contributed by atoms with Gasteiger partial charge in [0.25, 0.3) is 5.56 Å². The molecular weight excluding hydrogens is 422 g/mol. The molecule has 0 aliphatic rings. The van der Waals surface area contributed by atoms with Gasteiger partial charge in [-0.3, -0.25) is 4.79 Å². The van der Waals surface area contributed by atoms with Crippen LogP contribution in [-0.4, -0.2) is 22.1 Å². The number of benzene rings is 1. The summed E-state index contributed by atoms with van der Waals surface area (Å²) in [6, 6.07) is 6.86. The number of halogens is 2. The van der Waals surface area contributed by atoms with Crippen LogP contribution in [0.5, 0.6) is 5.88 Å². The Morgan fingerprint density at radius 1 is 1.42 bits per heavy atom. The lowest BCUT2D eigenvalue weighted by Gasteiger charge is -2.15. The summed E-state index contributed by atoms with van der Waals surface area (Å²) < 4.78 is 5.78. The highest BCUT2D eigenvalue weighted by Crippen LogP contribution is 2.28. The lowest BCUT2D eigenvalue weighted by atomic mass is 10.1. The van der Waals surface area contributed by atoms with Gasteiger partial charge in [0.05, 0.1) is 24.4 Å². The number of ether oxygens (including phenoxy) is 1. The van der Waals surface area contributed by atoms with Crippen molar-refractivity contribution in [3.05, 3.63) is 55.4 Å². The minimum Gasteiger partial charge on any atom is -0.480 e. The van der Waals surface area contributed by atoms with Crippen LogP contribution in [0.25, 0.3) is 10.9 Å².